The SMILES string of the molecule is C[C@@H](C(=O)NC1CCCCC1)N(Cc1cccc(Br)c1)C(=O)COc1ccccc1. The monoisotopic (exact) mass is 472 g/mol. The lowest BCUT2D eigenvalue weighted by atomic mass is 9.95. The Bertz CT molecular complexity index is 837. The number of ether oxygens (including phenoxy) is 1. The summed E-state index contributed by atoms with van der Waals surface area (Å²) in [4.78, 5) is 27.6. The number of amides is 2. The van der Waals surface area contributed by atoms with Crippen LogP contribution in [0.15, 0.2) is 59.1 Å². The van der Waals surface area contributed by atoms with Crippen LogP contribution in [0.3, 0.4) is 0 Å². The second-order valence-electron chi connectivity index (χ2n) is 7.77. The highest BCUT2D eigenvalue weighted by molar-refractivity contribution is 9.10. The van der Waals surface area contributed by atoms with Crippen LogP contribution in [0, 0.1) is 0 Å². The number of halogens is 1. The van der Waals surface area contributed by atoms with Crippen LogP contribution in [0.1, 0.15) is 44.6 Å². The Labute approximate surface area is 186 Å². The van der Waals surface area contributed by atoms with Crippen LogP contribution >= 0.6 is 15.9 Å². The van der Waals surface area contributed by atoms with Crippen molar-refractivity contribution >= 4 is 27.7 Å². The highest BCUT2D eigenvalue weighted by Gasteiger charge is 2.28. The first-order chi connectivity index (χ1) is 14.5. The van der Waals surface area contributed by atoms with Crippen LogP contribution < -0.4 is 10.1 Å². The van der Waals surface area contributed by atoms with Crippen LogP contribution in [0.25, 0.3) is 0 Å². The van der Waals surface area contributed by atoms with Crippen LogP contribution in [0.2, 0.25) is 0 Å². The first-order valence-corrected chi connectivity index (χ1v) is 11.3. The molecule has 1 atom stereocenters. The molecule has 1 N–H and O–H groups in total. The molecule has 0 bridgehead atoms. The van der Waals surface area contributed by atoms with Crippen molar-refractivity contribution in [3.05, 3.63) is 64.6 Å². The van der Waals surface area contributed by atoms with Crippen LogP contribution in [-0.4, -0.2) is 35.4 Å². The maximum atomic E-state index is 13.1. The molecule has 3 rings (SSSR count). The molecular weight excluding hydrogens is 444 g/mol. The highest BCUT2D eigenvalue weighted by atomic mass is 79.9. The number of carbonyl (C=O) groups is 2. The van der Waals surface area contributed by atoms with Gasteiger partial charge in [0.1, 0.15) is 11.8 Å². The molecule has 160 valence electrons. The van der Waals surface area contributed by atoms with Gasteiger partial charge < -0.3 is 15.0 Å². The molecule has 0 aromatic heterocycles. The zero-order valence-corrected chi connectivity index (χ0v) is 18.9. The zero-order chi connectivity index (χ0) is 21.3. The normalized spacial score (nSPS) is 15.3. The summed E-state index contributed by atoms with van der Waals surface area (Å²) >= 11 is 3.47. The second kappa shape index (κ2) is 11.2. The molecule has 2 amide bonds. The molecule has 30 heavy (non-hydrogen) atoms. The standard InChI is InChI=1S/C24H29BrN2O3/c1-18(24(29)26-21-11-4-2-5-12-21)27(16-19-9-8-10-20(25)15-19)23(28)17-30-22-13-6-3-7-14-22/h3,6-10,13-15,18,21H,2,4-5,11-12,16-17H2,1H3,(H,26,29)/t18-/m0/s1. The van der Waals surface area contributed by atoms with E-state index in [1.807, 2.05) is 54.6 Å². The van der Waals surface area contributed by atoms with Crippen molar-refractivity contribution in [2.45, 2.75) is 57.7 Å². The summed E-state index contributed by atoms with van der Waals surface area (Å²) in [5.74, 6) is 0.308. The lowest BCUT2D eigenvalue weighted by Gasteiger charge is -2.31. The van der Waals surface area contributed by atoms with Crippen molar-refractivity contribution in [2.24, 2.45) is 0 Å². The van der Waals surface area contributed by atoms with E-state index in [1.165, 1.54) is 6.42 Å². The Morgan fingerprint density at radius 1 is 1.10 bits per heavy atom. The number of benzene rings is 2. The van der Waals surface area contributed by atoms with Crippen LogP contribution in [-0.2, 0) is 16.1 Å². The van der Waals surface area contributed by atoms with Gasteiger partial charge >= 0.3 is 0 Å². The first-order valence-electron chi connectivity index (χ1n) is 10.5. The summed E-state index contributed by atoms with van der Waals surface area (Å²) in [7, 11) is 0. The number of para-hydroxylation sites is 1. The lowest BCUT2D eigenvalue weighted by molar-refractivity contribution is -0.142. The zero-order valence-electron chi connectivity index (χ0n) is 17.4. The molecule has 1 fully saturated rings. The van der Waals surface area contributed by atoms with E-state index < -0.39 is 6.04 Å². The first kappa shape index (κ1) is 22.3. The fourth-order valence-corrected chi connectivity index (χ4v) is 4.17. The smallest absolute Gasteiger partial charge is 0.261 e. The average Bonchev–Trinajstić information content (AvgIpc) is 2.77. The Morgan fingerprint density at radius 2 is 1.83 bits per heavy atom. The van der Waals surface area contributed by atoms with E-state index in [-0.39, 0.29) is 24.5 Å². The van der Waals surface area contributed by atoms with Gasteiger partial charge in [-0.1, -0.05) is 65.5 Å². The van der Waals surface area contributed by atoms with Gasteiger partial charge in [0.25, 0.3) is 5.91 Å². The third-order valence-corrected chi connectivity index (χ3v) is 5.96. The largest absolute Gasteiger partial charge is 0.484 e. The summed E-state index contributed by atoms with van der Waals surface area (Å²) in [6, 6.07) is 16.6. The molecule has 1 aliphatic rings. The Balaban J connectivity index is 1.69. The third kappa shape index (κ3) is 6.59. The van der Waals surface area contributed by atoms with E-state index in [4.69, 9.17) is 4.74 Å². The van der Waals surface area contributed by atoms with Gasteiger partial charge in [0.15, 0.2) is 6.61 Å². The van der Waals surface area contributed by atoms with Gasteiger partial charge in [0, 0.05) is 17.1 Å². The maximum Gasteiger partial charge on any atom is 0.261 e. The number of carbonyl (C=O) groups excluding carboxylic acids is 2. The third-order valence-electron chi connectivity index (χ3n) is 5.47. The summed E-state index contributed by atoms with van der Waals surface area (Å²) in [6.45, 7) is 2.02. The highest BCUT2D eigenvalue weighted by Crippen LogP contribution is 2.19. The van der Waals surface area contributed by atoms with Gasteiger partial charge in [0.05, 0.1) is 0 Å². The quantitative estimate of drug-likeness (QED) is 0.605. The van der Waals surface area contributed by atoms with Crippen molar-refractivity contribution in [3.63, 3.8) is 0 Å². The van der Waals surface area contributed by atoms with Crippen molar-refractivity contribution in [3.8, 4) is 5.75 Å². The van der Waals surface area contributed by atoms with E-state index in [2.05, 4.69) is 21.2 Å². The van der Waals surface area contributed by atoms with E-state index in [0.29, 0.717) is 12.3 Å². The second-order valence-corrected chi connectivity index (χ2v) is 8.69. The molecule has 0 aliphatic heterocycles. The molecule has 2 aromatic rings. The molecule has 0 radical (unpaired) electrons. The summed E-state index contributed by atoms with van der Waals surface area (Å²) in [6.07, 6.45) is 5.53. The molecule has 2 aromatic carbocycles. The molecule has 1 saturated carbocycles. The fourth-order valence-electron chi connectivity index (χ4n) is 3.73. The predicted octanol–water partition coefficient (Wildman–Crippen LogP) is 4.69. The van der Waals surface area contributed by atoms with E-state index in [9.17, 15) is 9.59 Å². The van der Waals surface area contributed by atoms with Crippen molar-refractivity contribution in [1.29, 1.82) is 0 Å². The molecule has 0 heterocycles. The number of nitrogens with zero attached hydrogens (tertiary/aromatic N) is 1. The summed E-state index contributed by atoms with van der Waals surface area (Å²) < 4.78 is 6.60. The van der Waals surface area contributed by atoms with Gasteiger partial charge in [-0.25, -0.2) is 0 Å². The topological polar surface area (TPSA) is 58.6 Å². The van der Waals surface area contributed by atoms with Gasteiger partial charge in [-0.15, -0.1) is 0 Å². The molecule has 0 spiro atoms. The van der Waals surface area contributed by atoms with Gasteiger partial charge in [-0.3, -0.25) is 9.59 Å². The number of rotatable bonds is 8. The number of nitrogens with one attached hydrogen (secondary N) is 1. The minimum absolute atomic E-state index is 0.107. The van der Waals surface area contributed by atoms with Crippen molar-refractivity contribution in [2.75, 3.05) is 6.61 Å². The average molecular weight is 473 g/mol. The van der Waals surface area contributed by atoms with E-state index in [1.54, 1.807) is 11.8 Å². The molecular formula is C24H29BrN2O3. The Kier molecular flexibility index (Phi) is 8.31. The van der Waals surface area contributed by atoms with Crippen molar-refractivity contribution in [1.82, 2.24) is 10.2 Å². The van der Waals surface area contributed by atoms with Gasteiger partial charge in [-0.05, 0) is 49.6 Å². The molecule has 1 aliphatic carbocycles. The van der Waals surface area contributed by atoms with Crippen molar-refractivity contribution < 1.29 is 14.3 Å². The molecule has 6 heteroatoms. The number of hydrogen-bond donors (Lipinski definition) is 1. The lowest BCUT2D eigenvalue weighted by Crippen LogP contribution is -2.51. The van der Waals surface area contributed by atoms with Crippen LogP contribution in [0.4, 0.5) is 0 Å². The maximum absolute atomic E-state index is 13.1. The Hall–Kier alpha value is -2.34. The summed E-state index contributed by atoms with van der Waals surface area (Å²) in [5.41, 5.74) is 0.953. The van der Waals surface area contributed by atoms with E-state index >= 15 is 0 Å². The van der Waals surface area contributed by atoms with Gasteiger partial charge in [-0.2, -0.15) is 0 Å². The predicted molar refractivity (Wildman–Crippen MR) is 121 cm³/mol. The minimum Gasteiger partial charge on any atom is -0.484 e. The molecule has 0 unspecified atom stereocenters. The summed E-state index contributed by atoms with van der Waals surface area (Å²) in [5, 5.41) is 3.14. The van der Waals surface area contributed by atoms with Gasteiger partial charge in [0.2, 0.25) is 5.91 Å². The molecule has 5 nitrogen and oxygen atoms in total. The number of hydrogen-bond acceptors (Lipinski definition) is 3. The Morgan fingerprint density at radius 3 is 2.53 bits per heavy atom. The van der Waals surface area contributed by atoms with Crippen LogP contribution in [0.5, 0.6) is 5.75 Å². The van der Waals surface area contributed by atoms with E-state index in [0.717, 1.165) is 35.7 Å². The minimum atomic E-state index is -0.585. The molecule has 0 saturated heterocycles. The fraction of sp³-hybridized carbons (Fsp3) is 0.417.